The van der Waals surface area contributed by atoms with Crippen LogP contribution in [0.5, 0.6) is 0 Å². The molecule has 0 aliphatic carbocycles. The predicted molar refractivity (Wildman–Crippen MR) is 42.6 cm³/mol. The van der Waals surface area contributed by atoms with Crippen LogP contribution in [0.2, 0.25) is 0 Å². The van der Waals surface area contributed by atoms with E-state index in [2.05, 4.69) is 6.26 Å². The zero-order chi connectivity index (χ0) is 10.7. The van der Waals surface area contributed by atoms with E-state index >= 15 is 0 Å². The van der Waals surface area contributed by atoms with Crippen molar-refractivity contribution in [1.29, 1.82) is 0 Å². The second-order valence-corrected chi connectivity index (χ2v) is 3.07. The van der Waals surface area contributed by atoms with Crippen LogP contribution >= 0.6 is 11.8 Å². The number of halogens is 5. The molecule has 1 radical (unpaired) electrons. The zero-order valence-electron chi connectivity index (χ0n) is 6.79. The third-order valence-electron chi connectivity index (χ3n) is 1.36. The lowest BCUT2D eigenvalue weighted by Crippen LogP contribution is -2.37. The van der Waals surface area contributed by atoms with E-state index in [0.29, 0.717) is 0 Å². The number of alkyl halides is 5. The smallest absolute Gasteiger partial charge is 0.191 e. The van der Waals surface area contributed by atoms with Crippen LogP contribution in [0.1, 0.15) is 6.92 Å². The maximum Gasteiger partial charge on any atom is 0.457 e. The SMILES string of the molecule is [CH2]SCC=C(C)C(F)(F)C(F)(F)F. The Morgan fingerprint density at radius 1 is 1.31 bits per heavy atom. The lowest BCUT2D eigenvalue weighted by molar-refractivity contribution is -0.264. The third-order valence-corrected chi connectivity index (χ3v) is 1.76. The second kappa shape index (κ2) is 4.30. The number of hydrogen-bond acceptors (Lipinski definition) is 1. The van der Waals surface area contributed by atoms with E-state index in [4.69, 9.17) is 0 Å². The number of rotatable bonds is 3. The van der Waals surface area contributed by atoms with Crippen molar-refractivity contribution in [1.82, 2.24) is 0 Å². The molecule has 0 atom stereocenters. The van der Waals surface area contributed by atoms with Gasteiger partial charge < -0.3 is 0 Å². The normalized spacial score (nSPS) is 14.8. The largest absolute Gasteiger partial charge is 0.457 e. The minimum absolute atomic E-state index is 0.0392. The minimum atomic E-state index is -5.51. The van der Waals surface area contributed by atoms with E-state index < -0.39 is 17.7 Å². The van der Waals surface area contributed by atoms with Crippen LogP contribution in [0.25, 0.3) is 0 Å². The first-order valence-corrected chi connectivity index (χ1v) is 4.37. The fraction of sp³-hybridized carbons (Fsp3) is 0.571. The molecule has 0 bridgehead atoms. The van der Waals surface area contributed by atoms with E-state index in [9.17, 15) is 22.0 Å². The summed E-state index contributed by atoms with van der Waals surface area (Å²) in [4.78, 5) is 0. The van der Waals surface area contributed by atoms with Crippen molar-refractivity contribution >= 4 is 11.8 Å². The Kier molecular flexibility index (Phi) is 4.22. The zero-order valence-corrected chi connectivity index (χ0v) is 7.61. The lowest BCUT2D eigenvalue weighted by atomic mass is 10.1. The molecule has 0 aromatic rings. The van der Waals surface area contributed by atoms with Crippen LogP contribution in [0.3, 0.4) is 0 Å². The molecule has 0 amide bonds. The fourth-order valence-corrected chi connectivity index (χ4v) is 0.904. The van der Waals surface area contributed by atoms with E-state index in [1.807, 2.05) is 0 Å². The van der Waals surface area contributed by atoms with E-state index in [1.54, 1.807) is 0 Å². The van der Waals surface area contributed by atoms with Crippen molar-refractivity contribution in [2.75, 3.05) is 5.75 Å². The standard InChI is InChI=1S/C7H8F5S/c1-5(3-4-13-2)6(8,9)7(10,11)12/h3H,2,4H2,1H3. The molecule has 0 fully saturated rings. The summed E-state index contributed by atoms with van der Waals surface area (Å²) in [6.07, 6.45) is -1.44. The Bertz CT molecular complexity index is 194. The highest BCUT2D eigenvalue weighted by molar-refractivity contribution is 8.00. The Morgan fingerprint density at radius 3 is 2.08 bits per heavy atom. The topological polar surface area (TPSA) is 0 Å². The first-order chi connectivity index (χ1) is 5.73. The molecule has 6 heteroatoms. The Morgan fingerprint density at radius 2 is 1.77 bits per heavy atom. The van der Waals surface area contributed by atoms with Gasteiger partial charge in [0.05, 0.1) is 0 Å². The molecule has 0 unspecified atom stereocenters. The van der Waals surface area contributed by atoms with E-state index in [0.717, 1.165) is 24.8 Å². The van der Waals surface area contributed by atoms with Crippen LogP contribution in [0.4, 0.5) is 22.0 Å². The van der Waals surface area contributed by atoms with Gasteiger partial charge in [-0.05, 0) is 6.92 Å². The molecule has 0 rings (SSSR count). The monoisotopic (exact) mass is 219 g/mol. The summed E-state index contributed by atoms with van der Waals surface area (Å²) in [5.74, 6) is -4.69. The van der Waals surface area contributed by atoms with Gasteiger partial charge in [0, 0.05) is 17.6 Å². The van der Waals surface area contributed by atoms with Gasteiger partial charge >= 0.3 is 12.1 Å². The maximum absolute atomic E-state index is 12.4. The first kappa shape index (κ1) is 12.7. The quantitative estimate of drug-likeness (QED) is 0.515. The summed E-state index contributed by atoms with van der Waals surface area (Å²) < 4.78 is 59.9. The van der Waals surface area contributed by atoms with Gasteiger partial charge in [0.15, 0.2) is 0 Å². The molecular formula is C7H8F5S. The van der Waals surface area contributed by atoms with Crippen LogP contribution in [0.15, 0.2) is 11.6 Å². The van der Waals surface area contributed by atoms with Crippen LogP contribution in [0, 0.1) is 6.26 Å². The molecule has 0 aromatic carbocycles. The molecule has 0 spiro atoms. The third kappa shape index (κ3) is 3.17. The van der Waals surface area contributed by atoms with Crippen molar-refractivity contribution in [2.24, 2.45) is 0 Å². The van der Waals surface area contributed by atoms with Crippen molar-refractivity contribution in [3.8, 4) is 0 Å². The average Bonchev–Trinajstić information content (AvgIpc) is 1.97. The molecule has 0 saturated carbocycles. The molecule has 77 valence electrons. The molecule has 0 aliphatic heterocycles. The summed E-state index contributed by atoms with van der Waals surface area (Å²) in [6.45, 7) is 0.754. The van der Waals surface area contributed by atoms with Gasteiger partial charge in [-0.3, -0.25) is 0 Å². The maximum atomic E-state index is 12.4. The summed E-state index contributed by atoms with van der Waals surface area (Å²) >= 11 is 0.930. The van der Waals surface area contributed by atoms with Gasteiger partial charge in [0.1, 0.15) is 0 Å². The van der Waals surface area contributed by atoms with Crippen LogP contribution < -0.4 is 0 Å². The molecule has 0 N–H and O–H groups in total. The Labute approximate surface area is 77.2 Å². The van der Waals surface area contributed by atoms with Gasteiger partial charge in [0.2, 0.25) is 0 Å². The first-order valence-electron chi connectivity index (χ1n) is 3.22. The molecular weight excluding hydrogens is 211 g/mol. The molecule has 0 heterocycles. The predicted octanol–water partition coefficient (Wildman–Crippen LogP) is 3.66. The van der Waals surface area contributed by atoms with Crippen molar-refractivity contribution < 1.29 is 22.0 Å². The second-order valence-electron chi connectivity index (χ2n) is 2.33. The van der Waals surface area contributed by atoms with Crippen LogP contribution in [-0.2, 0) is 0 Å². The molecule has 0 nitrogen and oxygen atoms in total. The van der Waals surface area contributed by atoms with Crippen molar-refractivity contribution in [3.05, 3.63) is 17.9 Å². The number of hydrogen-bond donors (Lipinski definition) is 0. The summed E-state index contributed by atoms with van der Waals surface area (Å²) in [5.41, 5.74) is -0.990. The van der Waals surface area contributed by atoms with E-state index in [1.165, 1.54) is 0 Å². The van der Waals surface area contributed by atoms with Crippen molar-refractivity contribution in [3.63, 3.8) is 0 Å². The summed E-state index contributed by atoms with van der Waals surface area (Å²) in [7, 11) is 0. The lowest BCUT2D eigenvalue weighted by Gasteiger charge is -2.20. The molecule has 13 heavy (non-hydrogen) atoms. The average molecular weight is 219 g/mol. The minimum Gasteiger partial charge on any atom is -0.191 e. The van der Waals surface area contributed by atoms with Crippen LogP contribution in [-0.4, -0.2) is 17.9 Å². The fourth-order valence-electron chi connectivity index (χ4n) is 0.536. The highest BCUT2D eigenvalue weighted by Gasteiger charge is 2.58. The summed E-state index contributed by atoms with van der Waals surface area (Å²) in [5, 5.41) is 0. The van der Waals surface area contributed by atoms with Gasteiger partial charge in [-0.15, -0.1) is 0 Å². The molecule has 0 saturated heterocycles. The van der Waals surface area contributed by atoms with Gasteiger partial charge in [-0.1, -0.05) is 6.08 Å². The highest BCUT2D eigenvalue weighted by Crippen LogP contribution is 2.40. The molecule has 0 aromatic heterocycles. The van der Waals surface area contributed by atoms with Gasteiger partial charge in [-0.2, -0.15) is 33.7 Å². The Balaban J connectivity index is 4.63. The Hall–Kier alpha value is -0.260. The van der Waals surface area contributed by atoms with Crippen molar-refractivity contribution in [2.45, 2.75) is 19.0 Å². The van der Waals surface area contributed by atoms with Gasteiger partial charge in [-0.25, -0.2) is 0 Å². The summed E-state index contributed by atoms with van der Waals surface area (Å²) in [6, 6.07) is 0. The number of thioether (sulfide) groups is 1. The number of allylic oxidation sites excluding steroid dienone is 1. The van der Waals surface area contributed by atoms with Gasteiger partial charge in [0.25, 0.3) is 0 Å². The van der Waals surface area contributed by atoms with E-state index in [-0.39, 0.29) is 5.75 Å². The highest BCUT2D eigenvalue weighted by atomic mass is 32.2. The molecule has 0 aliphatic rings.